The molecule has 0 aromatic rings. The molecule has 6 nitrogen and oxygen atoms in total. The fraction of sp³-hybridized carbons (Fsp3) is 0.875. The van der Waals surface area contributed by atoms with Gasteiger partial charge in [0.2, 0.25) is 0 Å². The average Bonchev–Trinajstić information content (AvgIpc) is 2.98. The standard InChI is InChI=1S/C32H50O6/c1-17-14-21(37-18(2)33)27(29(5,6)36)38-22-16-32(9)19(25(17)22)15-20(34)26-30(7)12-11-24(35)28(3,4)23(30)10-13-31(26,32)8/h17,20-23,26-27,34,36H,10-16H2,1-9H3/t17-,20+,21+,22+,23?,26?,27-,30+,31+,32+/m1/s1. The highest BCUT2D eigenvalue weighted by Crippen LogP contribution is 2.74. The third-order valence-corrected chi connectivity index (χ3v) is 12.4. The molecule has 0 bridgehead atoms. The average molecular weight is 531 g/mol. The van der Waals surface area contributed by atoms with E-state index in [9.17, 15) is 19.8 Å². The van der Waals surface area contributed by atoms with Crippen LogP contribution in [-0.2, 0) is 19.1 Å². The van der Waals surface area contributed by atoms with Crippen LogP contribution >= 0.6 is 0 Å². The summed E-state index contributed by atoms with van der Waals surface area (Å²) in [5, 5.41) is 23.1. The van der Waals surface area contributed by atoms with Gasteiger partial charge in [0.15, 0.2) is 0 Å². The lowest BCUT2D eigenvalue weighted by molar-refractivity contribution is -0.213. The van der Waals surface area contributed by atoms with Gasteiger partial charge in [0.05, 0.1) is 17.8 Å². The highest BCUT2D eigenvalue weighted by molar-refractivity contribution is 5.85. The van der Waals surface area contributed by atoms with Crippen molar-refractivity contribution in [1.82, 2.24) is 0 Å². The van der Waals surface area contributed by atoms with Crippen LogP contribution in [0.25, 0.3) is 0 Å². The van der Waals surface area contributed by atoms with E-state index in [1.54, 1.807) is 13.8 Å². The van der Waals surface area contributed by atoms with Crippen molar-refractivity contribution in [3.05, 3.63) is 11.1 Å². The molecule has 2 N–H and O–H groups in total. The van der Waals surface area contributed by atoms with Gasteiger partial charge in [-0.15, -0.1) is 0 Å². The summed E-state index contributed by atoms with van der Waals surface area (Å²) in [6.07, 6.45) is 3.62. The summed E-state index contributed by atoms with van der Waals surface area (Å²) < 4.78 is 12.5. The van der Waals surface area contributed by atoms with Crippen LogP contribution in [0.15, 0.2) is 11.1 Å². The Morgan fingerprint density at radius 1 is 1.13 bits per heavy atom. The van der Waals surface area contributed by atoms with Crippen LogP contribution in [0.2, 0.25) is 0 Å². The van der Waals surface area contributed by atoms with Crippen LogP contribution in [0.4, 0.5) is 0 Å². The minimum atomic E-state index is -1.17. The summed E-state index contributed by atoms with van der Waals surface area (Å²) >= 11 is 0. The molecule has 0 spiro atoms. The van der Waals surface area contributed by atoms with Crippen molar-refractivity contribution in [3.63, 3.8) is 0 Å². The maximum Gasteiger partial charge on any atom is 0.302 e. The summed E-state index contributed by atoms with van der Waals surface area (Å²) in [6.45, 7) is 18.5. The molecule has 214 valence electrons. The molecular formula is C32H50O6. The van der Waals surface area contributed by atoms with Crippen molar-refractivity contribution in [2.75, 3.05) is 0 Å². The maximum atomic E-state index is 13.0. The summed E-state index contributed by atoms with van der Waals surface area (Å²) in [5.41, 5.74) is 0.655. The molecule has 1 heterocycles. The van der Waals surface area contributed by atoms with Gasteiger partial charge in [-0.3, -0.25) is 9.59 Å². The molecule has 4 aliphatic carbocycles. The Balaban J connectivity index is 1.58. The summed E-state index contributed by atoms with van der Waals surface area (Å²) in [4.78, 5) is 24.9. The Hall–Kier alpha value is -1.24. The van der Waals surface area contributed by atoms with Gasteiger partial charge in [-0.2, -0.15) is 0 Å². The van der Waals surface area contributed by atoms with Gasteiger partial charge >= 0.3 is 5.97 Å². The molecule has 1 aliphatic heterocycles. The predicted molar refractivity (Wildman–Crippen MR) is 145 cm³/mol. The molecule has 38 heavy (non-hydrogen) atoms. The Bertz CT molecular complexity index is 1050. The summed E-state index contributed by atoms with van der Waals surface area (Å²) in [6, 6.07) is 0. The number of carbonyl (C=O) groups is 2. The quantitative estimate of drug-likeness (QED) is 0.368. The van der Waals surface area contributed by atoms with E-state index >= 15 is 0 Å². The second-order valence-corrected chi connectivity index (χ2v) is 15.4. The lowest BCUT2D eigenvalue weighted by Gasteiger charge is -2.69. The Morgan fingerprint density at radius 3 is 2.39 bits per heavy atom. The lowest BCUT2D eigenvalue weighted by Crippen LogP contribution is -2.65. The largest absolute Gasteiger partial charge is 0.460 e. The van der Waals surface area contributed by atoms with E-state index in [2.05, 4.69) is 41.5 Å². The van der Waals surface area contributed by atoms with Crippen molar-refractivity contribution in [2.24, 2.45) is 39.4 Å². The molecule has 3 saturated carbocycles. The fourth-order valence-electron chi connectivity index (χ4n) is 10.7. The van der Waals surface area contributed by atoms with Gasteiger partial charge in [0.1, 0.15) is 18.0 Å². The first-order valence-corrected chi connectivity index (χ1v) is 14.9. The molecule has 5 rings (SSSR count). The normalized spacial score (nSPS) is 48.4. The molecule has 0 aromatic heterocycles. The number of aliphatic hydroxyl groups excluding tert-OH is 1. The van der Waals surface area contributed by atoms with E-state index < -0.39 is 23.9 Å². The molecule has 5 aliphatic rings. The van der Waals surface area contributed by atoms with Crippen LogP contribution in [-0.4, -0.2) is 52.0 Å². The molecule has 1 saturated heterocycles. The van der Waals surface area contributed by atoms with Crippen LogP contribution in [0, 0.1) is 39.4 Å². The number of ether oxygens (including phenoxy) is 2. The summed E-state index contributed by atoms with van der Waals surface area (Å²) in [5.74, 6) is 0.490. The smallest absolute Gasteiger partial charge is 0.302 e. The van der Waals surface area contributed by atoms with Crippen molar-refractivity contribution >= 4 is 11.8 Å². The van der Waals surface area contributed by atoms with Gasteiger partial charge in [0, 0.05) is 18.8 Å². The Kier molecular flexibility index (Phi) is 6.43. The number of ketones is 1. The zero-order chi connectivity index (χ0) is 28.2. The molecule has 2 unspecified atom stereocenters. The second-order valence-electron chi connectivity index (χ2n) is 15.4. The highest BCUT2D eigenvalue weighted by atomic mass is 16.6. The predicted octanol–water partition coefficient (Wildman–Crippen LogP) is 5.38. The van der Waals surface area contributed by atoms with Crippen molar-refractivity contribution < 1.29 is 29.3 Å². The molecule has 0 radical (unpaired) electrons. The van der Waals surface area contributed by atoms with Crippen LogP contribution in [0.5, 0.6) is 0 Å². The van der Waals surface area contributed by atoms with Gasteiger partial charge in [-0.25, -0.2) is 0 Å². The first kappa shape index (κ1) is 28.3. The van der Waals surface area contributed by atoms with E-state index in [0.29, 0.717) is 25.0 Å². The molecule has 4 fully saturated rings. The molecular weight excluding hydrogens is 480 g/mol. The third kappa shape index (κ3) is 3.75. The van der Waals surface area contributed by atoms with E-state index in [0.717, 1.165) is 25.7 Å². The monoisotopic (exact) mass is 530 g/mol. The molecule has 0 amide bonds. The summed E-state index contributed by atoms with van der Waals surface area (Å²) in [7, 11) is 0. The number of aliphatic hydroxyl groups is 2. The van der Waals surface area contributed by atoms with Crippen LogP contribution in [0.3, 0.4) is 0 Å². The van der Waals surface area contributed by atoms with Crippen LogP contribution < -0.4 is 0 Å². The van der Waals surface area contributed by atoms with E-state index in [4.69, 9.17) is 9.47 Å². The number of hydrogen-bond acceptors (Lipinski definition) is 6. The van der Waals surface area contributed by atoms with Gasteiger partial charge < -0.3 is 19.7 Å². The van der Waals surface area contributed by atoms with Crippen molar-refractivity contribution in [1.29, 1.82) is 0 Å². The first-order valence-electron chi connectivity index (χ1n) is 14.9. The van der Waals surface area contributed by atoms with Crippen molar-refractivity contribution in [3.8, 4) is 0 Å². The zero-order valence-corrected chi connectivity index (χ0v) is 25.0. The lowest BCUT2D eigenvalue weighted by atomic mass is 9.36. The van der Waals surface area contributed by atoms with E-state index in [-0.39, 0.29) is 51.5 Å². The zero-order valence-electron chi connectivity index (χ0n) is 25.0. The number of Topliss-reactive ketones (excluding diaryl/α,β-unsaturated/α-hetero) is 1. The number of fused-ring (bicyclic) bond motifs is 6. The number of hydrogen-bond donors (Lipinski definition) is 2. The molecule has 0 aromatic carbocycles. The molecule has 6 heteroatoms. The van der Waals surface area contributed by atoms with Gasteiger partial charge in [0.25, 0.3) is 0 Å². The number of carbonyl (C=O) groups excluding carboxylic acids is 2. The number of rotatable bonds is 2. The number of esters is 1. The van der Waals surface area contributed by atoms with Gasteiger partial charge in [-0.1, -0.05) is 47.1 Å². The van der Waals surface area contributed by atoms with Gasteiger partial charge in [-0.05, 0) is 91.9 Å². The Labute approximate surface area is 228 Å². The van der Waals surface area contributed by atoms with E-state index in [1.807, 2.05) is 0 Å². The first-order chi connectivity index (χ1) is 17.4. The third-order valence-electron chi connectivity index (χ3n) is 12.4. The fourth-order valence-corrected chi connectivity index (χ4v) is 10.7. The SMILES string of the molecule is CC(=O)O[C@H]1C[C@@H](C)C2=C3C[C@H](O)C4[C@@]5(C)CCC(=O)C(C)(C)C5CC[C@]4(C)[C@@]3(C)C[C@@H]2O[C@H]1C(C)(C)O. The maximum absolute atomic E-state index is 13.0. The van der Waals surface area contributed by atoms with Crippen molar-refractivity contribution in [2.45, 2.75) is 137 Å². The Morgan fingerprint density at radius 2 is 1.79 bits per heavy atom. The van der Waals surface area contributed by atoms with E-state index in [1.165, 1.54) is 18.1 Å². The highest BCUT2D eigenvalue weighted by Gasteiger charge is 2.70. The minimum absolute atomic E-state index is 0.101. The second kappa shape index (κ2) is 8.63. The van der Waals surface area contributed by atoms with Crippen LogP contribution in [0.1, 0.15) is 107 Å². The molecule has 10 atom stereocenters. The topological polar surface area (TPSA) is 93.1 Å². The minimum Gasteiger partial charge on any atom is -0.460 e.